The Hall–Kier alpha value is -3.26. The number of carbonyl (C=O) groups excluding carboxylic acids is 2. The maximum atomic E-state index is 13.2. The van der Waals surface area contributed by atoms with Crippen LogP contribution in [0.5, 0.6) is 0 Å². The lowest BCUT2D eigenvalue weighted by atomic mass is 10.1. The Bertz CT molecular complexity index is 1080. The lowest BCUT2D eigenvalue weighted by molar-refractivity contribution is -0.119. The standard InChI is InChI=1S/C20H17FN4O2S/c21-13-5-7-14(8-6-13)25-17(19(22)26)9-16(24-25)20(27)23-10-12-11-28-18-4-2-1-3-15(12)18/h1-8,11,17H,9-10H2,(H2,22,26)(H,23,27). The number of benzene rings is 2. The van der Waals surface area contributed by atoms with Crippen molar-refractivity contribution in [2.24, 2.45) is 10.8 Å². The summed E-state index contributed by atoms with van der Waals surface area (Å²) < 4.78 is 14.3. The Kier molecular flexibility index (Phi) is 4.79. The van der Waals surface area contributed by atoms with Crippen molar-refractivity contribution >= 4 is 44.6 Å². The van der Waals surface area contributed by atoms with Crippen LogP contribution in [0, 0.1) is 5.82 Å². The number of halogens is 1. The number of nitrogens with two attached hydrogens (primary N) is 1. The van der Waals surface area contributed by atoms with Gasteiger partial charge in [-0.2, -0.15) is 5.10 Å². The summed E-state index contributed by atoms with van der Waals surface area (Å²) in [7, 11) is 0. The van der Waals surface area contributed by atoms with E-state index in [1.807, 2.05) is 29.6 Å². The van der Waals surface area contributed by atoms with E-state index in [0.717, 1.165) is 15.6 Å². The molecule has 0 spiro atoms. The molecule has 1 aliphatic rings. The van der Waals surface area contributed by atoms with Crippen LogP contribution in [0.2, 0.25) is 0 Å². The van der Waals surface area contributed by atoms with Crippen LogP contribution in [0.4, 0.5) is 10.1 Å². The van der Waals surface area contributed by atoms with Gasteiger partial charge in [0.15, 0.2) is 0 Å². The number of nitrogens with one attached hydrogen (secondary N) is 1. The van der Waals surface area contributed by atoms with Gasteiger partial charge in [0.25, 0.3) is 5.91 Å². The molecule has 6 nitrogen and oxygen atoms in total. The van der Waals surface area contributed by atoms with Crippen LogP contribution in [0.1, 0.15) is 12.0 Å². The lowest BCUT2D eigenvalue weighted by Gasteiger charge is -2.20. The van der Waals surface area contributed by atoms with Gasteiger partial charge in [0, 0.05) is 17.7 Å². The molecule has 0 radical (unpaired) electrons. The van der Waals surface area contributed by atoms with E-state index in [4.69, 9.17) is 5.73 Å². The number of primary amides is 1. The molecule has 1 aromatic heterocycles. The van der Waals surface area contributed by atoms with Crippen LogP contribution in [0.3, 0.4) is 0 Å². The molecule has 0 fully saturated rings. The van der Waals surface area contributed by atoms with Crippen LogP contribution in [0.15, 0.2) is 59.0 Å². The maximum Gasteiger partial charge on any atom is 0.267 e. The van der Waals surface area contributed by atoms with E-state index in [1.165, 1.54) is 29.3 Å². The van der Waals surface area contributed by atoms with Crippen LogP contribution in [-0.2, 0) is 16.1 Å². The first-order chi connectivity index (χ1) is 13.5. The number of hydrazone groups is 1. The number of carbonyl (C=O) groups is 2. The van der Waals surface area contributed by atoms with Crippen LogP contribution < -0.4 is 16.1 Å². The van der Waals surface area contributed by atoms with E-state index in [2.05, 4.69) is 10.4 Å². The summed E-state index contributed by atoms with van der Waals surface area (Å²) in [5, 5.41) is 11.6. The number of nitrogens with zero attached hydrogens (tertiary/aromatic N) is 2. The quantitative estimate of drug-likeness (QED) is 0.695. The molecule has 1 aliphatic heterocycles. The molecule has 0 aliphatic carbocycles. The molecule has 0 saturated carbocycles. The molecule has 0 saturated heterocycles. The zero-order chi connectivity index (χ0) is 19.7. The van der Waals surface area contributed by atoms with Crippen molar-refractivity contribution in [2.75, 3.05) is 5.01 Å². The minimum atomic E-state index is -0.784. The van der Waals surface area contributed by atoms with E-state index in [-0.39, 0.29) is 18.0 Å². The number of hydrogen-bond donors (Lipinski definition) is 2. The molecule has 3 aromatic rings. The van der Waals surface area contributed by atoms with Gasteiger partial charge >= 0.3 is 0 Å². The zero-order valence-electron chi connectivity index (χ0n) is 14.8. The molecule has 3 N–H and O–H groups in total. The third kappa shape index (κ3) is 3.46. The minimum absolute atomic E-state index is 0.100. The van der Waals surface area contributed by atoms with Gasteiger partial charge in [-0.15, -0.1) is 11.3 Å². The van der Waals surface area contributed by atoms with Gasteiger partial charge in [0.1, 0.15) is 17.6 Å². The molecular weight excluding hydrogens is 379 g/mol. The number of rotatable bonds is 5. The van der Waals surface area contributed by atoms with E-state index in [1.54, 1.807) is 11.3 Å². The SMILES string of the molecule is NC(=O)C1CC(C(=O)NCc2csc3ccccc23)=NN1c1ccc(F)cc1. The largest absolute Gasteiger partial charge is 0.368 e. The molecule has 0 bridgehead atoms. The fourth-order valence-corrected chi connectivity index (χ4v) is 4.11. The summed E-state index contributed by atoms with van der Waals surface area (Å²) >= 11 is 1.62. The first-order valence-electron chi connectivity index (χ1n) is 8.68. The first kappa shape index (κ1) is 18.1. The third-order valence-electron chi connectivity index (χ3n) is 4.59. The smallest absolute Gasteiger partial charge is 0.267 e. The average molecular weight is 396 g/mol. The Morgan fingerprint density at radius 3 is 2.71 bits per heavy atom. The fourth-order valence-electron chi connectivity index (χ4n) is 3.15. The minimum Gasteiger partial charge on any atom is -0.368 e. The Labute approximate surface area is 164 Å². The highest BCUT2D eigenvalue weighted by Crippen LogP contribution is 2.26. The maximum absolute atomic E-state index is 13.2. The monoisotopic (exact) mass is 396 g/mol. The topological polar surface area (TPSA) is 87.8 Å². The van der Waals surface area contributed by atoms with E-state index in [9.17, 15) is 14.0 Å². The highest BCUT2D eigenvalue weighted by Gasteiger charge is 2.34. The molecular formula is C20H17FN4O2S. The van der Waals surface area contributed by atoms with Gasteiger partial charge in [-0.25, -0.2) is 4.39 Å². The van der Waals surface area contributed by atoms with Gasteiger partial charge in [0.05, 0.1) is 5.69 Å². The molecule has 28 heavy (non-hydrogen) atoms. The third-order valence-corrected chi connectivity index (χ3v) is 5.60. The van der Waals surface area contributed by atoms with Crippen molar-refractivity contribution in [1.82, 2.24) is 5.32 Å². The van der Waals surface area contributed by atoms with Crippen molar-refractivity contribution in [2.45, 2.75) is 19.0 Å². The molecule has 2 amide bonds. The summed E-state index contributed by atoms with van der Waals surface area (Å²) in [6.45, 7) is 0.361. The van der Waals surface area contributed by atoms with Gasteiger partial charge in [-0.3, -0.25) is 14.6 Å². The summed E-state index contributed by atoms with van der Waals surface area (Å²) in [5.41, 5.74) is 7.21. The van der Waals surface area contributed by atoms with Crippen molar-refractivity contribution in [1.29, 1.82) is 0 Å². The van der Waals surface area contributed by atoms with Crippen molar-refractivity contribution in [3.63, 3.8) is 0 Å². The van der Waals surface area contributed by atoms with Crippen molar-refractivity contribution in [3.8, 4) is 0 Å². The van der Waals surface area contributed by atoms with Crippen LogP contribution >= 0.6 is 11.3 Å². The Morgan fingerprint density at radius 2 is 1.96 bits per heavy atom. The highest BCUT2D eigenvalue weighted by molar-refractivity contribution is 7.17. The molecule has 142 valence electrons. The van der Waals surface area contributed by atoms with E-state index in [0.29, 0.717) is 12.2 Å². The predicted octanol–water partition coefficient (Wildman–Crippen LogP) is 2.78. The Balaban J connectivity index is 1.51. The number of thiophene rings is 1. The molecule has 2 heterocycles. The normalized spacial score (nSPS) is 16.2. The summed E-state index contributed by atoms with van der Waals surface area (Å²) in [5.74, 6) is -1.35. The summed E-state index contributed by atoms with van der Waals surface area (Å²) in [6.07, 6.45) is 0.100. The van der Waals surface area contributed by atoms with Gasteiger partial charge in [-0.1, -0.05) is 18.2 Å². The molecule has 1 unspecified atom stereocenters. The van der Waals surface area contributed by atoms with Gasteiger partial charge in [0.2, 0.25) is 5.91 Å². The summed E-state index contributed by atoms with van der Waals surface area (Å²) in [6, 6.07) is 12.7. The first-order valence-corrected chi connectivity index (χ1v) is 9.56. The molecule has 8 heteroatoms. The second-order valence-corrected chi connectivity index (χ2v) is 7.34. The van der Waals surface area contributed by atoms with Crippen LogP contribution in [-0.4, -0.2) is 23.6 Å². The number of anilines is 1. The van der Waals surface area contributed by atoms with Crippen molar-refractivity contribution < 1.29 is 14.0 Å². The lowest BCUT2D eigenvalue weighted by Crippen LogP contribution is -2.39. The van der Waals surface area contributed by atoms with E-state index < -0.39 is 17.8 Å². The fraction of sp³-hybridized carbons (Fsp3) is 0.150. The average Bonchev–Trinajstić information content (AvgIpc) is 3.32. The summed E-state index contributed by atoms with van der Waals surface area (Å²) in [4.78, 5) is 24.4. The van der Waals surface area contributed by atoms with E-state index >= 15 is 0 Å². The number of hydrogen-bond acceptors (Lipinski definition) is 5. The molecule has 2 aromatic carbocycles. The molecule has 1 atom stereocenters. The van der Waals surface area contributed by atoms with Gasteiger partial charge in [-0.05, 0) is 46.7 Å². The number of amides is 2. The zero-order valence-corrected chi connectivity index (χ0v) is 15.6. The second kappa shape index (κ2) is 7.40. The Morgan fingerprint density at radius 1 is 1.21 bits per heavy atom. The molecule has 4 rings (SSSR count). The number of fused-ring (bicyclic) bond motifs is 1. The van der Waals surface area contributed by atoms with Gasteiger partial charge < -0.3 is 11.1 Å². The highest BCUT2D eigenvalue weighted by atomic mass is 32.1. The predicted molar refractivity (Wildman–Crippen MR) is 108 cm³/mol. The second-order valence-electron chi connectivity index (χ2n) is 6.43. The van der Waals surface area contributed by atoms with Crippen molar-refractivity contribution in [3.05, 3.63) is 65.3 Å². The van der Waals surface area contributed by atoms with Crippen LogP contribution in [0.25, 0.3) is 10.1 Å².